The SMILES string of the molecule is CCCCCCCCCCCCNO[PH](=O)OCC. The molecule has 0 heterocycles. The minimum absolute atomic E-state index is 0.428. The van der Waals surface area contributed by atoms with Crippen molar-refractivity contribution in [3.05, 3.63) is 0 Å². The third kappa shape index (κ3) is 16.1. The van der Waals surface area contributed by atoms with Gasteiger partial charge in [-0.3, -0.25) is 4.57 Å². The molecule has 19 heavy (non-hydrogen) atoms. The van der Waals surface area contributed by atoms with Gasteiger partial charge in [-0.05, 0) is 13.3 Å². The van der Waals surface area contributed by atoms with Crippen LogP contribution in [-0.2, 0) is 13.7 Å². The highest BCUT2D eigenvalue weighted by Crippen LogP contribution is 2.20. The summed E-state index contributed by atoms with van der Waals surface area (Å²) in [5, 5.41) is 0. The molecule has 1 unspecified atom stereocenters. The third-order valence-corrected chi connectivity index (χ3v) is 3.89. The maximum atomic E-state index is 11.0. The minimum Gasteiger partial charge on any atom is -0.310 e. The molecule has 4 nitrogen and oxygen atoms in total. The van der Waals surface area contributed by atoms with Gasteiger partial charge in [-0.2, -0.15) is 5.48 Å². The van der Waals surface area contributed by atoms with E-state index in [1.165, 1.54) is 57.8 Å². The quantitative estimate of drug-likeness (QED) is 0.266. The van der Waals surface area contributed by atoms with Gasteiger partial charge in [0.1, 0.15) is 0 Å². The Hall–Kier alpha value is 0.110. The lowest BCUT2D eigenvalue weighted by Gasteiger charge is -2.05. The second-order valence-electron chi connectivity index (χ2n) is 4.86. The lowest BCUT2D eigenvalue weighted by Crippen LogP contribution is -2.12. The minimum atomic E-state index is -2.31. The molecule has 0 aliphatic carbocycles. The average molecular weight is 293 g/mol. The Balaban J connectivity index is 3.01. The van der Waals surface area contributed by atoms with Gasteiger partial charge in [0, 0.05) is 6.54 Å². The molecule has 0 amide bonds. The number of hydrogen-bond donors (Lipinski definition) is 1. The number of unbranched alkanes of at least 4 members (excludes halogenated alkanes) is 9. The zero-order valence-electron chi connectivity index (χ0n) is 12.7. The molecule has 0 radical (unpaired) electrons. The summed E-state index contributed by atoms with van der Waals surface area (Å²) in [4.78, 5) is 0. The first kappa shape index (κ1) is 19.1. The molecule has 1 atom stereocenters. The molecule has 0 aromatic heterocycles. The molecule has 1 N–H and O–H groups in total. The molecular formula is C14H32NO3P. The van der Waals surface area contributed by atoms with E-state index in [2.05, 4.69) is 12.4 Å². The van der Waals surface area contributed by atoms with E-state index in [1.54, 1.807) is 6.92 Å². The second-order valence-corrected chi connectivity index (χ2v) is 5.85. The van der Waals surface area contributed by atoms with Crippen molar-refractivity contribution < 1.29 is 13.7 Å². The number of rotatable bonds is 15. The fraction of sp³-hybridized carbons (Fsp3) is 1.00. The second kappa shape index (κ2) is 16.2. The van der Waals surface area contributed by atoms with Gasteiger partial charge in [0.25, 0.3) is 0 Å². The average Bonchev–Trinajstić information content (AvgIpc) is 2.40. The van der Waals surface area contributed by atoms with Gasteiger partial charge in [0.15, 0.2) is 0 Å². The van der Waals surface area contributed by atoms with Crippen molar-refractivity contribution in [3.8, 4) is 0 Å². The molecule has 0 aromatic carbocycles. The van der Waals surface area contributed by atoms with E-state index >= 15 is 0 Å². The fourth-order valence-electron chi connectivity index (χ4n) is 1.94. The molecule has 0 bridgehead atoms. The van der Waals surface area contributed by atoms with Gasteiger partial charge in [-0.15, -0.1) is 0 Å². The Morgan fingerprint density at radius 3 is 1.89 bits per heavy atom. The van der Waals surface area contributed by atoms with Crippen LogP contribution in [0.5, 0.6) is 0 Å². The predicted molar refractivity (Wildman–Crippen MR) is 81.6 cm³/mol. The van der Waals surface area contributed by atoms with Crippen LogP contribution in [0.4, 0.5) is 0 Å². The normalized spacial score (nSPS) is 12.7. The molecule has 0 fully saturated rings. The maximum Gasteiger partial charge on any atom is 0.335 e. The molecular weight excluding hydrogens is 261 g/mol. The highest BCUT2D eigenvalue weighted by atomic mass is 31.1. The first-order chi connectivity index (χ1) is 9.31. The lowest BCUT2D eigenvalue weighted by atomic mass is 10.1. The van der Waals surface area contributed by atoms with Crippen molar-refractivity contribution in [2.24, 2.45) is 0 Å². The maximum absolute atomic E-state index is 11.0. The van der Waals surface area contributed by atoms with Gasteiger partial charge < -0.3 is 4.52 Å². The Kier molecular flexibility index (Phi) is 16.3. The van der Waals surface area contributed by atoms with E-state index in [4.69, 9.17) is 9.15 Å². The summed E-state index contributed by atoms with van der Waals surface area (Å²) in [6, 6.07) is 0. The predicted octanol–water partition coefficient (Wildman–Crippen LogP) is 4.85. The van der Waals surface area contributed by atoms with Crippen molar-refractivity contribution >= 4 is 8.25 Å². The number of hydroxylamine groups is 1. The molecule has 5 heteroatoms. The molecule has 0 saturated carbocycles. The molecule has 116 valence electrons. The van der Waals surface area contributed by atoms with Crippen LogP contribution in [0.2, 0.25) is 0 Å². The van der Waals surface area contributed by atoms with E-state index in [1.807, 2.05) is 0 Å². The van der Waals surface area contributed by atoms with Crippen LogP contribution >= 0.6 is 8.25 Å². The molecule has 0 aromatic rings. The van der Waals surface area contributed by atoms with Crippen LogP contribution in [0.25, 0.3) is 0 Å². The molecule has 0 spiro atoms. The van der Waals surface area contributed by atoms with Crippen LogP contribution in [-0.4, -0.2) is 13.2 Å². The molecule has 0 rings (SSSR count). The topological polar surface area (TPSA) is 47.6 Å². The standard InChI is InChI=1S/C14H32NO3P/c1-3-5-6-7-8-9-10-11-12-13-14-15-18-19(16)17-4-2/h15,19H,3-14H2,1-2H3. The smallest absolute Gasteiger partial charge is 0.310 e. The van der Waals surface area contributed by atoms with E-state index in [-0.39, 0.29) is 0 Å². The Bertz CT molecular complexity index is 203. The van der Waals surface area contributed by atoms with Gasteiger partial charge in [-0.1, -0.05) is 64.7 Å². The van der Waals surface area contributed by atoms with E-state index in [0.29, 0.717) is 6.61 Å². The van der Waals surface area contributed by atoms with Crippen molar-refractivity contribution in [2.75, 3.05) is 13.2 Å². The van der Waals surface area contributed by atoms with Crippen molar-refractivity contribution in [3.63, 3.8) is 0 Å². The fourth-order valence-corrected chi connectivity index (χ4v) is 2.46. The van der Waals surface area contributed by atoms with Crippen LogP contribution in [0.15, 0.2) is 0 Å². The summed E-state index contributed by atoms with van der Waals surface area (Å²) in [7, 11) is -2.31. The van der Waals surface area contributed by atoms with Crippen molar-refractivity contribution in [2.45, 2.75) is 78.1 Å². The summed E-state index contributed by atoms with van der Waals surface area (Å²) in [5.41, 5.74) is 2.70. The van der Waals surface area contributed by atoms with E-state index in [9.17, 15) is 4.57 Å². The monoisotopic (exact) mass is 293 g/mol. The number of hydrogen-bond acceptors (Lipinski definition) is 4. The van der Waals surface area contributed by atoms with Crippen LogP contribution < -0.4 is 5.48 Å². The first-order valence-corrected chi connectivity index (χ1v) is 9.10. The lowest BCUT2D eigenvalue weighted by molar-refractivity contribution is 0.158. The highest BCUT2D eigenvalue weighted by Gasteiger charge is 1.97. The zero-order valence-corrected chi connectivity index (χ0v) is 13.7. The van der Waals surface area contributed by atoms with E-state index < -0.39 is 8.25 Å². The van der Waals surface area contributed by atoms with Crippen molar-refractivity contribution in [1.82, 2.24) is 5.48 Å². The largest absolute Gasteiger partial charge is 0.335 e. The highest BCUT2D eigenvalue weighted by molar-refractivity contribution is 7.33. The Labute approximate surface area is 119 Å². The van der Waals surface area contributed by atoms with Crippen LogP contribution in [0.1, 0.15) is 78.1 Å². The Morgan fingerprint density at radius 2 is 1.37 bits per heavy atom. The summed E-state index contributed by atoms with van der Waals surface area (Å²) in [6.07, 6.45) is 13.2. The third-order valence-electron chi connectivity index (χ3n) is 3.05. The van der Waals surface area contributed by atoms with Crippen molar-refractivity contribution in [1.29, 1.82) is 0 Å². The zero-order chi connectivity index (χ0) is 14.2. The molecule has 0 aliphatic rings. The Morgan fingerprint density at radius 1 is 0.842 bits per heavy atom. The van der Waals surface area contributed by atoms with Crippen LogP contribution in [0.3, 0.4) is 0 Å². The van der Waals surface area contributed by atoms with Gasteiger partial charge in [-0.25, -0.2) is 4.62 Å². The molecule has 0 saturated heterocycles. The van der Waals surface area contributed by atoms with E-state index in [0.717, 1.165) is 13.0 Å². The van der Waals surface area contributed by atoms with Gasteiger partial charge in [0.05, 0.1) is 6.61 Å². The first-order valence-electron chi connectivity index (χ1n) is 7.87. The summed E-state index contributed by atoms with van der Waals surface area (Å²) in [5.74, 6) is 0. The summed E-state index contributed by atoms with van der Waals surface area (Å²) in [6.45, 7) is 5.23. The number of nitrogens with one attached hydrogen (secondary N) is 1. The summed E-state index contributed by atoms with van der Waals surface area (Å²) >= 11 is 0. The van der Waals surface area contributed by atoms with Gasteiger partial charge >= 0.3 is 8.25 Å². The van der Waals surface area contributed by atoms with Crippen LogP contribution in [0, 0.1) is 0 Å². The summed E-state index contributed by atoms with van der Waals surface area (Å²) < 4.78 is 20.6. The molecule has 0 aliphatic heterocycles. The van der Waals surface area contributed by atoms with Gasteiger partial charge in [0.2, 0.25) is 0 Å².